The summed E-state index contributed by atoms with van der Waals surface area (Å²) in [5.74, 6) is 0. The molecule has 1 fully saturated rings. The van der Waals surface area contributed by atoms with E-state index in [2.05, 4.69) is 95.4 Å². The summed E-state index contributed by atoms with van der Waals surface area (Å²) in [5.41, 5.74) is 3.22. The number of hydrogen-bond donors (Lipinski definition) is 0. The number of hydrogen-bond acceptors (Lipinski definition) is 2. The molecule has 0 aromatic heterocycles. The number of benzene rings is 3. The van der Waals surface area contributed by atoms with Gasteiger partial charge in [0.05, 0.1) is 11.2 Å². The largest absolute Gasteiger partial charge is 0.495 e. The van der Waals surface area contributed by atoms with Crippen LogP contribution in [0.15, 0.2) is 54.6 Å². The minimum atomic E-state index is -1.81. The molecule has 0 unspecified atom stereocenters. The van der Waals surface area contributed by atoms with Crippen LogP contribution in [-0.4, -0.2) is 26.4 Å². The van der Waals surface area contributed by atoms with Crippen molar-refractivity contribution in [3.8, 4) is 11.1 Å². The maximum absolute atomic E-state index is 6.44. The van der Waals surface area contributed by atoms with E-state index in [0.717, 1.165) is 0 Å². The van der Waals surface area contributed by atoms with Crippen molar-refractivity contribution in [2.24, 2.45) is 0 Å². The van der Waals surface area contributed by atoms with Gasteiger partial charge in [-0.05, 0) is 65.4 Å². The van der Waals surface area contributed by atoms with Gasteiger partial charge in [0.1, 0.15) is 8.07 Å². The van der Waals surface area contributed by atoms with Crippen LogP contribution in [0.25, 0.3) is 21.9 Å². The minimum Gasteiger partial charge on any atom is -0.399 e. The van der Waals surface area contributed by atoms with Crippen molar-refractivity contribution in [2.45, 2.75) is 52.0 Å². The molecule has 0 N–H and O–H groups in total. The van der Waals surface area contributed by atoms with Crippen molar-refractivity contribution in [3.05, 3.63) is 54.6 Å². The Bertz CT molecular complexity index is 1100. The maximum atomic E-state index is 6.44. The molecule has 2 aliphatic heterocycles. The van der Waals surface area contributed by atoms with Crippen molar-refractivity contribution in [1.82, 2.24) is 0 Å². The van der Waals surface area contributed by atoms with Crippen LogP contribution in [0.2, 0.25) is 13.1 Å². The van der Waals surface area contributed by atoms with Crippen LogP contribution >= 0.6 is 0 Å². The Balaban J connectivity index is 1.76. The van der Waals surface area contributed by atoms with E-state index in [1.807, 2.05) is 0 Å². The third kappa shape index (κ3) is 2.29. The highest BCUT2D eigenvalue weighted by Gasteiger charge is 2.53. The molecule has 3 aromatic rings. The third-order valence-corrected chi connectivity index (χ3v) is 10.7. The average Bonchev–Trinajstić information content (AvgIpc) is 3.01. The fourth-order valence-electron chi connectivity index (χ4n) is 4.85. The Morgan fingerprint density at radius 2 is 1.46 bits per heavy atom. The summed E-state index contributed by atoms with van der Waals surface area (Å²) in [6.45, 7) is 13.4. The second-order valence-electron chi connectivity index (χ2n) is 9.69. The molecule has 0 saturated carbocycles. The summed E-state index contributed by atoms with van der Waals surface area (Å²) < 4.78 is 12.9. The van der Waals surface area contributed by atoms with Gasteiger partial charge in [0.25, 0.3) is 0 Å². The first kappa shape index (κ1) is 18.2. The lowest BCUT2D eigenvalue weighted by atomic mass is 9.74. The predicted octanol–water partition coefficient (Wildman–Crippen LogP) is 3.94. The van der Waals surface area contributed by atoms with E-state index >= 15 is 0 Å². The van der Waals surface area contributed by atoms with Crippen LogP contribution in [0.5, 0.6) is 0 Å². The summed E-state index contributed by atoms with van der Waals surface area (Å²) in [7, 11) is -2.14. The van der Waals surface area contributed by atoms with Gasteiger partial charge in [0, 0.05) is 0 Å². The van der Waals surface area contributed by atoms with E-state index in [0.29, 0.717) is 0 Å². The quantitative estimate of drug-likeness (QED) is 0.590. The fraction of sp³-hybridized carbons (Fsp3) is 0.333. The molecular weight excluding hydrogens is 359 g/mol. The molecule has 1 saturated heterocycles. The van der Waals surface area contributed by atoms with Gasteiger partial charge in [0.2, 0.25) is 0 Å². The van der Waals surface area contributed by atoms with Gasteiger partial charge < -0.3 is 9.31 Å². The van der Waals surface area contributed by atoms with Gasteiger partial charge in [-0.15, -0.1) is 0 Å². The van der Waals surface area contributed by atoms with Gasteiger partial charge in [-0.3, -0.25) is 0 Å². The zero-order valence-corrected chi connectivity index (χ0v) is 18.6. The van der Waals surface area contributed by atoms with Crippen molar-refractivity contribution in [2.75, 3.05) is 0 Å². The van der Waals surface area contributed by atoms with E-state index in [4.69, 9.17) is 9.31 Å². The summed E-state index contributed by atoms with van der Waals surface area (Å²) in [6.07, 6.45) is 0. The van der Waals surface area contributed by atoms with Gasteiger partial charge in [0.15, 0.2) is 0 Å². The maximum Gasteiger partial charge on any atom is 0.495 e. The molecule has 4 heteroatoms. The van der Waals surface area contributed by atoms with Crippen LogP contribution in [0, 0.1) is 0 Å². The molecule has 142 valence electrons. The van der Waals surface area contributed by atoms with Crippen LogP contribution in [0.1, 0.15) is 27.7 Å². The Labute approximate surface area is 169 Å². The van der Waals surface area contributed by atoms with E-state index in [1.54, 1.807) is 5.19 Å². The van der Waals surface area contributed by atoms with Crippen molar-refractivity contribution in [3.63, 3.8) is 0 Å². The first-order chi connectivity index (χ1) is 13.1. The zero-order chi connectivity index (χ0) is 19.9. The highest BCUT2D eigenvalue weighted by molar-refractivity contribution is 7.05. The summed E-state index contributed by atoms with van der Waals surface area (Å²) >= 11 is 0. The second-order valence-corrected chi connectivity index (χ2v) is 14.0. The molecule has 0 atom stereocenters. The summed E-state index contributed by atoms with van der Waals surface area (Å²) in [4.78, 5) is 0. The molecular formula is C24H27BO2Si. The molecule has 0 aliphatic carbocycles. The van der Waals surface area contributed by atoms with Crippen LogP contribution < -0.4 is 15.8 Å². The Hall–Kier alpha value is -1.88. The highest BCUT2D eigenvalue weighted by Crippen LogP contribution is 2.38. The average molecular weight is 386 g/mol. The molecule has 2 nitrogen and oxygen atoms in total. The monoisotopic (exact) mass is 386 g/mol. The Morgan fingerprint density at radius 3 is 2.18 bits per heavy atom. The van der Waals surface area contributed by atoms with Crippen LogP contribution in [0.3, 0.4) is 0 Å². The van der Waals surface area contributed by atoms with Crippen molar-refractivity contribution >= 4 is 41.8 Å². The van der Waals surface area contributed by atoms with E-state index in [1.165, 1.54) is 32.5 Å². The normalized spacial score (nSPS) is 21.0. The standard InChI is InChI=1S/C24H27BO2Si/c1-23(2)24(3,4)27-25(26-23)19-12-9-13-20-21(19)18-15-14-16-10-7-8-11-17(16)22(18)28(20,5)6/h7-15H,1-6H3. The molecule has 0 spiro atoms. The molecule has 2 aliphatic rings. The molecule has 2 heterocycles. The summed E-state index contributed by atoms with van der Waals surface area (Å²) in [6, 6.07) is 20.1. The van der Waals surface area contributed by atoms with Gasteiger partial charge in [-0.25, -0.2) is 0 Å². The highest BCUT2D eigenvalue weighted by atomic mass is 28.3. The topological polar surface area (TPSA) is 18.5 Å². The minimum absolute atomic E-state index is 0.331. The first-order valence-electron chi connectivity index (χ1n) is 10.2. The van der Waals surface area contributed by atoms with Crippen molar-refractivity contribution < 1.29 is 9.31 Å². The zero-order valence-electron chi connectivity index (χ0n) is 17.6. The van der Waals surface area contributed by atoms with Gasteiger partial charge in [-0.1, -0.05) is 67.7 Å². The molecule has 5 rings (SSSR count). The van der Waals surface area contributed by atoms with E-state index < -0.39 is 8.07 Å². The first-order valence-corrected chi connectivity index (χ1v) is 13.2. The number of rotatable bonds is 1. The van der Waals surface area contributed by atoms with Gasteiger partial charge in [-0.2, -0.15) is 0 Å². The van der Waals surface area contributed by atoms with Crippen LogP contribution in [-0.2, 0) is 9.31 Å². The lowest BCUT2D eigenvalue weighted by Gasteiger charge is -2.32. The molecule has 0 bridgehead atoms. The van der Waals surface area contributed by atoms with Crippen LogP contribution in [0.4, 0.5) is 0 Å². The number of fused-ring (bicyclic) bond motifs is 5. The van der Waals surface area contributed by atoms with E-state index in [-0.39, 0.29) is 18.3 Å². The second kappa shape index (κ2) is 5.59. The molecule has 28 heavy (non-hydrogen) atoms. The smallest absolute Gasteiger partial charge is 0.399 e. The van der Waals surface area contributed by atoms with E-state index in [9.17, 15) is 0 Å². The fourth-order valence-corrected chi connectivity index (χ4v) is 8.31. The lowest BCUT2D eigenvalue weighted by Crippen LogP contribution is -2.50. The van der Waals surface area contributed by atoms with Gasteiger partial charge >= 0.3 is 7.12 Å². The SMILES string of the molecule is CC1(C)OB(c2cccc3c2-c2ccc4ccccc4c2[Si]3(C)C)OC1(C)C. The Kier molecular flexibility index (Phi) is 3.63. The summed E-state index contributed by atoms with van der Waals surface area (Å²) in [5, 5.41) is 5.76. The molecule has 3 aromatic carbocycles. The Morgan fingerprint density at radius 1 is 0.786 bits per heavy atom. The predicted molar refractivity (Wildman–Crippen MR) is 122 cm³/mol. The third-order valence-electron chi connectivity index (χ3n) is 7.10. The van der Waals surface area contributed by atoms with Crippen molar-refractivity contribution in [1.29, 1.82) is 0 Å². The molecule has 0 radical (unpaired) electrons. The molecule has 0 amide bonds. The lowest BCUT2D eigenvalue weighted by molar-refractivity contribution is 0.00578.